The van der Waals surface area contributed by atoms with E-state index in [4.69, 9.17) is 0 Å². The number of hydrogen-bond acceptors (Lipinski definition) is 3. The van der Waals surface area contributed by atoms with Crippen molar-refractivity contribution in [2.24, 2.45) is 0 Å². The fraction of sp³-hybridized carbons (Fsp3) is 0.267. The van der Waals surface area contributed by atoms with Crippen LogP contribution in [-0.4, -0.2) is 26.8 Å². The van der Waals surface area contributed by atoms with Crippen LogP contribution in [0.5, 0.6) is 0 Å². The topological polar surface area (TPSA) is 84.2 Å². The normalized spacial score (nSPS) is 10.7. The first-order chi connectivity index (χ1) is 9.88. The number of aromatic nitrogens is 2. The van der Waals surface area contributed by atoms with Crippen molar-refractivity contribution in [1.29, 1.82) is 0 Å². The molecule has 110 valence electrons. The van der Waals surface area contributed by atoms with Gasteiger partial charge in [0.05, 0.1) is 11.3 Å². The summed E-state index contributed by atoms with van der Waals surface area (Å²) in [5, 5.41) is 15.9. The van der Waals surface area contributed by atoms with E-state index in [1.807, 2.05) is 13.8 Å². The van der Waals surface area contributed by atoms with Crippen LogP contribution in [0, 0.1) is 6.92 Å². The summed E-state index contributed by atoms with van der Waals surface area (Å²) in [4.78, 5) is 23.3. The average molecular weight is 287 g/mol. The van der Waals surface area contributed by atoms with E-state index in [0.29, 0.717) is 0 Å². The van der Waals surface area contributed by atoms with Gasteiger partial charge in [0.25, 0.3) is 5.91 Å². The Hall–Kier alpha value is -2.63. The van der Waals surface area contributed by atoms with Crippen molar-refractivity contribution in [3.05, 3.63) is 47.3 Å². The Bertz CT molecular complexity index is 689. The molecule has 0 bridgehead atoms. The van der Waals surface area contributed by atoms with Crippen LogP contribution in [0.1, 0.15) is 46.3 Å². The second-order valence-corrected chi connectivity index (χ2v) is 5.08. The maximum atomic E-state index is 12.1. The molecule has 0 unspecified atom stereocenters. The summed E-state index contributed by atoms with van der Waals surface area (Å²) >= 11 is 0. The monoisotopic (exact) mass is 287 g/mol. The second kappa shape index (κ2) is 5.78. The lowest BCUT2D eigenvalue weighted by atomic mass is 10.1. The number of rotatable bonds is 4. The molecule has 0 radical (unpaired) electrons. The third-order valence-electron chi connectivity index (χ3n) is 3.02. The van der Waals surface area contributed by atoms with Gasteiger partial charge in [0, 0.05) is 12.2 Å². The Balaban J connectivity index is 2.25. The molecule has 1 heterocycles. The summed E-state index contributed by atoms with van der Waals surface area (Å²) in [5.74, 6) is -1.51. The van der Waals surface area contributed by atoms with E-state index in [-0.39, 0.29) is 23.0 Å². The van der Waals surface area contributed by atoms with E-state index in [2.05, 4.69) is 10.4 Å². The molecule has 0 aliphatic heterocycles. The maximum Gasteiger partial charge on any atom is 0.337 e. The van der Waals surface area contributed by atoms with Crippen LogP contribution in [0.2, 0.25) is 0 Å². The summed E-state index contributed by atoms with van der Waals surface area (Å²) in [5.41, 5.74) is 1.39. The number of anilines is 1. The van der Waals surface area contributed by atoms with Gasteiger partial charge in [0.1, 0.15) is 0 Å². The molecule has 1 aromatic carbocycles. The molecule has 0 saturated heterocycles. The molecule has 0 atom stereocenters. The zero-order valence-corrected chi connectivity index (χ0v) is 12.1. The van der Waals surface area contributed by atoms with Gasteiger partial charge in [-0.1, -0.05) is 11.6 Å². The number of benzene rings is 1. The molecule has 6 heteroatoms. The lowest BCUT2D eigenvalue weighted by Crippen LogP contribution is -2.16. The van der Waals surface area contributed by atoms with Crippen LogP contribution in [0.3, 0.4) is 0 Å². The minimum absolute atomic E-state index is 0.0617. The summed E-state index contributed by atoms with van der Waals surface area (Å²) in [6.07, 6.45) is 1.72. The molecule has 0 aliphatic carbocycles. The molecule has 0 fully saturated rings. The highest BCUT2D eigenvalue weighted by atomic mass is 16.4. The fourth-order valence-corrected chi connectivity index (χ4v) is 1.88. The van der Waals surface area contributed by atoms with E-state index in [0.717, 1.165) is 5.56 Å². The number of aryl methyl sites for hydroxylation is 1. The molecule has 21 heavy (non-hydrogen) atoms. The molecule has 2 rings (SSSR count). The second-order valence-electron chi connectivity index (χ2n) is 5.08. The van der Waals surface area contributed by atoms with Gasteiger partial charge in [-0.05, 0) is 39.0 Å². The quantitative estimate of drug-likeness (QED) is 0.905. The average Bonchev–Trinajstić information content (AvgIpc) is 2.90. The van der Waals surface area contributed by atoms with Crippen LogP contribution in [-0.2, 0) is 0 Å². The van der Waals surface area contributed by atoms with Gasteiger partial charge < -0.3 is 10.4 Å². The first-order valence-electron chi connectivity index (χ1n) is 6.59. The van der Waals surface area contributed by atoms with Crippen LogP contribution in [0.4, 0.5) is 5.69 Å². The molecule has 0 aliphatic rings. The minimum Gasteiger partial charge on any atom is -0.478 e. The molecule has 6 nitrogen and oxygen atoms in total. The number of amides is 1. The highest BCUT2D eigenvalue weighted by molar-refractivity contribution is 6.06. The minimum atomic E-state index is -1.08. The van der Waals surface area contributed by atoms with Crippen LogP contribution >= 0.6 is 0 Å². The van der Waals surface area contributed by atoms with Crippen LogP contribution in [0.25, 0.3) is 0 Å². The molecule has 1 aromatic heterocycles. The van der Waals surface area contributed by atoms with E-state index in [1.165, 1.54) is 6.07 Å². The number of nitrogens with zero attached hydrogens (tertiary/aromatic N) is 2. The predicted molar refractivity (Wildman–Crippen MR) is 78.7 cm³/mol. The third kappa shape index (κ3) is 3.28. The van der Waals surface area contributed by atoms with E-state index < -0.39 is 11.9 Å². The largest absolute Gasteiger partial charge is 0.478 e. The number of carboxylic acid groups (broad SMARTS) is 1. The fourth-order valence-electron chi connectivity index (χ4n) is 1.88. The number of carbonyl (C=O) groups is 2. The van der Waals surface area contributed by atoms with Gasteiger partial charge in [0.15, 0.2) is 5.69 Å². The maximum absolute atomic E-state index is 12.1. The summed E-state index contributed by atoms with van der Waals surface area (Å²) in [6, 6.07) is 6.60. The summed E-state index contributed by atoms with van der Waals surface area (Å²) in [7, 11) is 0. The highest BCUT2D eigenvalue weighted by Crippen LogP contribution is 2.18. The Morgan fingerprint density at radius 2 is 2.00 bits per heavy atom. The Morgan fingerprint density at radius 1 is 1.29 bits per heavy atom. The van der Waals surface area contributed by atoms with Gasteiger partial charge in [0.2, 0.25) is 0 Å². The smallest absolute Gasteiger partial charge is 0.337 e. The molecule has 1 amide bonds. The van der Waals surface area contributed by atoms with E-state index in [9.17, 15) is 14.7 Å². The lowest BCUT2D eigenvalue weighted by molar-refractivity contribution is 0.0698. The Morgan fingerprint density at radius 3 is 2.57 bits per heavy atom. The van der Waals surface area contributed by atoms with Crippen molar-refractivity contribution in [1.82, 2.24) is 9.78 Å². The highest BCUT2D eigenvalue weighted by Gasteiger charge is 2.15. The molecule has 0 saturated carbocycles. The first-order valence-corrected chi connectivity index (χ1v) is 6.59. The van der Waals surface area contributed by atoms with Crippen LogP contribution < -0.4 is 5.32 Å². The Labute approximate surface area is 122 Å². The van der Waals surface area contributed by atoms with Crippen molar-refractivity contribution in [2.45, 2.75) is 26.8 Å². The number of hydrogen-bond donors (Lipinski definition) is 2. The predicted octanol–water partition coefficient (Wildman–Crippen LogP) is 2.72. The van der Waals surface area contributed by atoms with E-state index in [1.54, 1.807) is 36.0 Å². The number of aromatic carboxylic acids is 1. The standard InChI is InChI=1S/C15H17N3O3/c1-9(2)18-7-6-13(17-18)14(19)16-12-5-4-10(3)8-11(12)15(20)21/h4-9H,1-3H3,(H,16,19)(H,20,21). The molecular formula is C15H17N3O3. The third-order valence-corrected chi connectivity index (χ3v) is 3.02. The van der Waals surface area contributed by atoms with Gasteiger partial charge in [-0.3, -0.25) is 9.48 Å². The van der Waals surface area contributed by atoms with Crippen molar-refractivity contribution >= 4 is 17.6 Å². The SMILES string of the molecule is Cc1ccc(NC(=O)c2ccn(C(C)C)n2)c(C(=O)O)c1. The number of carboxylic acids is 1. The van der Waals surface area contributed by atoms with Crippen molar-refractivity contribution in [2.75, 3.05) is 5.32 Å². The number of carbonyl (C=O) groups excluding carboxylic acids is 1. The molecule has 2 N–H and O–H groups in total. The lowest BCUT2D eigenvalue weighted by Gasteiger charge is -2.08. The van der Waals surface area contributed by atoms with Crippen molar-refractivity contribution in [3.8, 4) is 0 Å². The van der Waals surface area contributed by atoms with Crippen molar-refractivity contribution < 1.29 is 14.7 Å². The van der Waals surface area contributed by atoms with Gasteiger partial charge >= 0.3 is 5.97 Å². The zero-order valence-electron chi connectivity index (χ0n) is 12.1. The number of nitrogens with one attached hydrogen (secondary N) is 1. The molecule has 2 aromatic rings. The zero-order chi connectivity index (χ0) is 15.6. The Kier molecular flexibility index (Phi) is 4.07. The van der Waals surface area contributed by atoms with E-state index >= 15 is 0 Å². The van der Waals surface area contributed by atoms with Crippen molar-refractivity contribution in [3.63, 3.8) is 0 Å². The summed E-state index contributed by atoms with van der Waals surface area (Å²) < 4.78 is 1.67. The van der Waals surface area contributed by atoms with Gasteiger partial charge in [-0.15, -0.1) is 0 Å². The van der Waals surface area contributed by atoms with Gasteiger partial charge in [-0.25, -0.2) is 4.79 Å². The van der Waals surface area contributed by atoms with Crippen LogP contribution in [0.15, 0.2) is 30.5 Å². The molecular weight excluding hydrogens is 270 g/mol. The molecule has 0 spiro atoms. The first kappa shape index (κ1) is 14.8. The summed E-state index contributed by atoms with van der Waals surface area (Å²) in [6.45, 7) is 5.71. The van der Waals surface area contributed by atoms with Gasteiger partial charge in [-0.2, -0.15) is 5.10 Å².